The highest BCUT2D eigenvalue weighted by Crippen LogP contribution is 2.36. The molecule has 0 radical (unpaired) electrons. The van der Waals surface area contributed by atoms with Gasteiger partial charge in [-0.05, 0) is 52.5 Å². The van der Waals surface area contributed by atoms with Gasteiger partial charge in [-0.15, -0.1) is 0 Å². The van der Waals surface area contributed by atoms with Gasteiger partial charge in [0.1, 0.15) is 0 Å². The van der Waals surface area contributed by atoms with Crippen LogP contribution in [0.4, 0.5) is 0 Å². The zero-order valence-corrected chi connectivity index (χ0v) is 14.0. The molecule has 0 aromatic heterocycles. The predicted octanol–water partition coefficient (Wildman–Crippen LogP) is 2.08. The summed E-state index contributed by atoms with van der Waals surface area (Å²) in [4.78, 5) is 16.3. The van der Waals surface area contributed by atoms with Gasteiger partial charge in [-0.25, -0.2) is 0 Å². The summed E-state index contributed by atoms with van der Waals surface area (Å²) in [6.45, 7) is 7.48. The molecule has 2 N–H and O–H groups in total. The van der Waals surface area contributed by atoms with Gasteiger partial charge in [0.2, 0.25) is 5.91 Å². The van der Waals surface area contributed by atoms with E-state index in [0.29, 0.717) is 13.1 Å². The Labute approximate surface area is 124 Å². The molecule has 0 bridgehead atoms. The van der Waals surface area contributed by atoms with Crippen molar-refractivity contribution in [2.75, 3.05) is 27.2 Å². The number of likely N-dealkylation sites (N-methyl/N-ethyl adjacent to an activating group) is 2. The van der Waals surface area contributed by atoms with Crippen molar-refractivity contribution in [2.45, 2.75) is 64.5 Å². The Morgan fingerprint density at radius 1 is 1.30 bits per heavy atom. The summed E-state index contributed by atoms with van der Waals surface area (Å²) in [5.74, 6) is 1.03. The molecule has 0 spiro atoms. The van der Waals surface area contributed by atoms with E-state index in [9.17, 15) is 4.79 Å². The summed E-state index contributed by atoms with van der Waals surface area (Å²) >= 11 is 0. The van der Waals surface area contributed by atoms with Gasteiger partial charge in [0.05, 0.1) is 6.54 Å². The minimum Gasteiger partial charge on any atom is -0.342 e. The van der Waals surface area contributed by atoms with E-state index in [-0.39, 0.29) is 17.5 Å². The molecule has 0 aromatic carbocycles. The third-order valence-electron chi connectivity index (χ3n) is 5.34. The van der Waals surface area contributed by atoms with E-state index < -0.39 is 0 Å². The van der Waals surface area contributed by atoms with Crippen LogP contribution in [-0.4, -0.2) is 54.5 Å². The molecule has 0 aliphatic heterocycles. The van der Waals surface area contributed by atoms with Crippen LogP contribution in [0.5, 0.6) is 0 Å². The van der Waals surface area contributed by atoms with Crippen LogP contribution in [0.15, 0.2) is 0 Å². The smallest absolute Gasteiger partial charge is 0.236 e. The standard InChI is InChI=1S/C16H33N3O/c1-6-14-7-9-16(12-17,10-8-14)18(4)11-15(20)19(5)13(2)3/h13-14H,6-12,17H2,1-5H3. The topological polar surface area (TPSA) is 49.6 Å². The molecule has 4 heteroatoms. The molecule has 0 aromatic rings. The van der Waals surface area contributed by atoms with E-state index in [4.69, 9.17) is 5.73 Å². The number of carbonyl (C=O) groups is 1. The van der Waals surface area contributed by atoms with Gasteiger partial charge in [-0.3, -0.25) is 9.69 Å². The maximum Gasteiger partial charge on any atom is 0.236 e. The lowest BCUT2D eigenvalue weighted by molar-refractivity contribution is -0.134. The molecule has 0 atom stereocenters. The van der Waals surface area contributed by atoms with Crippen LogP contribution in [0, 0.1) is 5.92 Å². The molecule has 1 fully saturated rings. The Kier molecular flexibility index (Phi) is 6.46. The minimum absolute atomic E-state index is 0.0269. The van der Waals surface area contributed by atoms with E-state index in [1.165, 1.54) is 19.3 Å². The molecule has 20 heavy (non-hydrogen) atoms. The van der Waals surface area contributed by atoms with Gasteiger partial charge < -0.3 is 10.6 Å². The number of amides is 1. The summed E-state index contributed by atoms with van der Waals surface area (Å²) in [6.07, 6.45) is 5.99. The second-order valence-corrected chi connectivity index (χ2v) is 6.73. The number of nitrogens with zero attached hydrogens (tertiary/aromatic N) is 2. The molecule has 1 amide bonds. The number of nitrogens with two attached hydrogens (primary N) is 1. The number of hydrogen-bond acceptors (Lipinski definition) is 3. The van der Waals surface area contributed by atoms with Gasteiger partial charge in [0.15, 0.2) is 0 Å². The van der Waals surface area contributed by atoms with Crippen molar-refractivity contribution in [3.05, 3.63) is 0 Å². The van der Waals surface area contributed by atoms with Crippen LogP contribution in [0.3, 0.4) is 0 Å². The van der Waals surface area contributed by atoms with Crippen LogP contribution >= 0.6 is 0 Å². The van der Waals surface area contributed by atoms with Gasteiger partial charge in [-0.2, -0.15) is 0 Å². The zero-order chi connectivity index (χ0) is 15.3. The number of rotatable bonds is 6. The SMILES string of the molecule is CCC1CCC(CN)(N(C)CC(=O)N(C)C(C)C)CC1. The fraction of sp³-hybridized carbons (Fsp3) is 0.938. The second-order valence-electron chi connectivity index (χ2n) is 6.73. The third kappa shape index (κ3) is 3.95. The Bertz CT molecular complexity index is 309. The van der Waals surface area contributed by atoms with Crippen LogP contribution in [-0.2, 0) is 4.79 Å². The summed E-state index contributed by atoms with van der Waals surface area (Å²) in [5.41, 5.74) is 6.10. The molecule has 118 valence electrons. The maximum atomic E-state index is 12.3. The Balaban J connectivity index is 2.64. The largest absolute Gasteiger partial charge is 0.342 e. The first-order chi connectivity index (χ1) is 9.36. The average molecular weight is 283 g/mol. The monoisotopic (exact) mass is 283 g/mol. The van der Waals surface area contributed by atoms with Gasteiger partial charge >= 0.3 is 0 Å². The number of hydrogen-bond donors (Lipinski definition) is 1. The third-order valence-corrected chi connectivity index (χ3v) is 5.34. The zero-order valence-electron chi connectivity index (χ0n) is 14.0. The highest BCUT2D eigenvalue weighted by molar-refractivity contribution is 5.78. The molecular formula is C16H33N3O. The van der Waals surface area contributed by atoms with E-state index in [1.54, 1.807) is 0 Å². The van der Waals surface area contributed by atoms with E-state index >= 15 is 0 Å². The van der Waals surface area contributed by atoms with Crippen molar-refractivity contribution in [3.63, 3.8) is 0 Å². The molecule has 1 rings (SSSR count). The van der Waals surface area contributed by atoms with Crippen molar-refractivity contribution in [1.82, 2.24) is 9.80 Å². The lowest BCUT2D eigenvalue weighted by Gasteiger charge is -2.46. The molecule has 1 aliphatic carbocycles. The van der Waals surface area contributed by atoms with Crippen molar-refractivity contribution < 1.29 is 4.79 Å². The van der Waals surface area contributed by atoms with Gasteiger partial charge in [0.25, 0.3) is 0 Å². The Hall–Kier alpha value is -0.610. The van der Waals surface area contributed by atoms with E-state index in [1.807, 2.05) is 25.8 Å². The fourth-order valence-corrected chi connectivity index (χ4v) is 3.13. The average Bonchev–Trinajstić information content (AvgIpc) is 2.46. The molecule has 0 unspecified atom stereocenters. The summed E-state index contributed by atoms with van der Waals surface area (Å²) in [5, 5.41) is 0. The normalized spacial score (nSPS) is 27.1. The molecule has 0 heterocycles. The molecule has 1 saturated carbocycles. The Morgan fingerprint density at radius 2 is 1.85 bits per heavy atom. The fourth-order valence-electron chi connectivity index (χ4n) is 3.13. The van der Waals surface area contributed by atoms with Gasteiger partial charge in [0, 0.05) is 25.2 Å². The van der Waals surface area contributed by atoms with Crippen molar-refractivity contribution in [1.29, 1.82) is 0 Å². The van der Waals surface area contributed by atoms with E-state index in [0.717, 1.165) is 18.8 Å². The predicted molar refractivity (Wildman–Crippen MR) is 84.6 cm³/mol. The van der Waals surface area contributed by atoms with Crippen LogP contribution in [0.25, 0.3) is 0 Å². The molecule has 0 saturated heterocycles. The second kappa shape index (κ2) is 7.41. The van der Waals surface area contributed by atoms with Crippen LogP contribution < -0.4 is 5.73 Å². The highest BCUT2D eigenvalue weighted by Gasteiger charge is 2.38. The van der Waals surface area contributed by atoms with Crippen molar-refractivity contribution in [3.8, 4) is 0 Å². The summed E-state index contributed by atoms with van der Waals surface area (Å²) < 4.78 is 0. The van der Waals surface area contributed by atoms with E-state index in [2.05, 4.69) is 18.9 Å². The molecule has 4 nitrogen and oxygen atoms in total. The quantitative estimate of drug-likeness (QED) is 0.812. The first-order valence-corrected chi connectivity index (χ1v) is 8.03. The first-order valence-electron chi connectivity index (χ1n) is 8.03. The Morgan fingerprint density at radius 3 is 2.25 bits per heavy atom. The van der Waals surface area contributed by atoms with Crippen molar-refractivity contribution in [2.24, 2.45) is 11.7 Å². The molecular weight excluding hydrogens is 250 g/mol. The minimum atomic E-state index is 0.0269. The lowest BCUT2D eigenvalue weighted by atomic mass is 9.74. The summed E-state index contributed by atoms with van der Waals surface area (Å²) in [6, 6.07) is 0.251. The molecule has 1 aliphatic rings. The van der Waals surface area contributed by atoms with Crippen LogP contribution in [0.1, 0.15) is 52.9 Å². The first kappa shape index (κ1) is 17.4. The van der Waals surface area contributed by atoms with Crippen molar-refractivity contribution >= 4 is 5.91 Å². The maximum absolute atomic E-state index is 12.3. The number of carbonyl (C=O) groups excluding carboxylic acids is 1. The highest BCUT2D eigenvalue weighted by atomic mass is 16.2. The summed E-state index contributed by atoms with van der Waals surface area (Å²) in [7, 11) is 3.94. The van der Waals surface area contributed by atoms with Crippen LogP contribution in [0.2, 0.25) is 0 Å². The van der Waals surface area contributed by atoms with Gasteiger partial charge in [-0.1, -0.05) is 13.3 Å². The lowest BCUT2D eigenvalue weighted by Crippen LogP contribution is -2.56.